The molecule has 1 aromatic carbocycles. The molecule has 0 spiro atoms. The second kappa shape index (κ2) is 20.7. The van der Waals surface area contributed by atoms with E-state index in [9.17, 15) is 9.90 Å². The van der Waals surface area contributed by atoms with Gasteiger partial charge in [0.1, 0.15) is 24.4 Å². The van der Waals surface area contributed by atoms with Gasteiger partial charge in [-0.05, 0) is 114 Å². The second-order valence-corrected chi connectivity index (χ2v) is 19.0. The maximum Gasteiger partial charge on any atom is 0.306 e. The number of ether oxygens (including phenoxy) is 8. The molecule has 1 aromatic rings. The van der Waals surface area contributed by atoms with Crippen molar-refractivity contribution in [2.24, 2.45) is 35.5 Å². The fourth-order valence-electron chi connectivity index (χ4n) is 12.1. The van der Waals surface area contributed by atoms with Crippen molar-refractivity contribution in [3.63, 3.8) is 0 Å². The van der Waals surface area contributed by atoms with Crippen LogP contribution in [-0.4, -0.2) is 137 Å². The molecule has 13 heteroatoms. The van der Waals surface area contributed by atoms with Crippen LogP contribution in [0.3, 0.4) is 0 Å². The van der Waals surface area contributed by atoms with Crippen LogP contribution in [0.4, 0.5) is 0 Å². The van der Waals surface area contributed by atoms with E-state index in [1.807, 2.05) is 32.0 Å². The van der Waals surface area contributed by atoms with Crippen molar-refractivity contribution in [2.75, 3.05) is 35.4 Å². The van der Waals surface area contributed by atoms with Crippen molar-refractivity contribution < 1.29 is 52.6 Å². The van der Waals surface area contributed by atoms with Gasteiger partial charge in [-0.2, -0.15) is 0 Å². The number of Topliss-reactive ketones (excluding diaryl/α,β-unsaturated/α-hetero) is 1. The molecule has 342 valence electrons. The number of carbonyl (C=O) groups excluding carboxylic acids is 2. The molecule has 19 atom stereocenters. The third-order valence-electron chi connectivity index (χ3n) is 15.3. The van der Waals surface area contributed by atoms with Crippen LogP contribution in [0.5, 0.6) is 0 Å². The van der Waals surface area contributed by atoms with Crippen LogP contribution in [-0.2, 0) is 54.0 Å². The van der Waals surface area contributed by atoms with Crippen molar-refractivity contribution in [1.29, 1.82) is 0 Å². The fourth-order valence-corrected chi connectivity index (χ4v) is 12.1. The number of fused-ring (bicyclic) bond motifs is 5. The lowest BCUT2D eigenvalue weighted by atomic mass is 9.62. The summed E-state index contributed by atoms with van der Waals surface area (Å²) in [5, 5.41) is 16.3. The predicted octanol–water partition coefficient (Wildman–Crippen LogP) is 5.45. The van der Waals surface area contributed by atoms with Crippen molar-refractivity contribution >= 4 is 11.8 Å². The molecule has 2 N–H and O–H groups in total. The number of hydrogen-bond acceptors (Lipinski definition) is 13. The third kappa shape index (κ3) is 10.0. The summed E-state index contributed by atoms with van der Waals surface area (Å²) >= 11 is 0. The molecule has 3 heterocycles. The molecule has 0 aromatic heterocycles. The van der Waals surface area contributed by atoms with Gasteiger partial charge in [-0.25, -0.2) is 0 Å². The Kier molecular flexibility index (Phi) is 15.8. The molecule has 0 amide bonds. The Morgan fingerprint density at radius 3 is 2.25 bits per heavy atom. The summed E-state index contributed by atoms with van der Waals surface area (Å²) in [5.74, 6) is -1.65. The molecular weight excluding hydrogens is 781 g/mol. The van der Waals surface area contributed by atoms with E-state index >= 15 is 4.79 Å². The maximum atomic E-state index is 15.2. The number of nitrogens with zero attached hydrogens (tertiary/aromatic N) is 1. The standard InChI is InChI=1S/C48H74N2O11/c1-10-30-17-14-18-38(61-40-20-19-37(50(5)6)27(3)57-40)26(2)43(52)36-23-33-32-21-31(60-48-47(56-9)46(55-8)45(54-7)28(4)58-48)22-35(32)44(53)42(41(33)34(36)24-39(51)59-30)49-25-29-15-12-11-13-16-29/h11-13,15-16,23,26-28,30-35,37-38,40-42,44-49,53H,10,14,17-22,24-25H2,1-9H3/t26-,27?,28?,30+,31+,32+,33+,34-,35-,37+,38+,40+,41-,42-,44-,45+,46?,47+,48+/m1/s1. The summed E-state index contributed by atoms with van der Waals surface area (Å²) < 4.78 is 50.2. The Hall–Kier alpha value is -2.30. The van der Waals surface area contributed by atoms with E-state index in [2.05, 4.69) is 56.4 Å². The fraction of sp³-hybridized carbons (Fsp3) is 0.792. The monoisotopic (exact) mass is 855 g/mol. The average Bonchev–Trinajstić information content (AvgIpc) is 3.83. The van der Waals surface area contributed by atoms with Crippen molar-refractivity contribution in [3.8, 4) is 0 Å². The van der Waals surface area contributed by atoms with Crippen molar-refractivity contribution in [2.45, 2.75) is 172 Å². The van der Waals surface area contributed by atoms with Gasteiger partial charge in [0.25, 0.3) is 0 Å². The van der Waals surface area contributed by atoms with Crippen LogP contribution in [0.1, 0.15) is 91.0 Å². The molecule has 3 unspecified atom stereocenters. The first kappa shape index (κ1) is 46.7. The van der Waals surface area contributed by atoms with Crippen LogP contribution in [0.25, 0.3) is 0 Å². The number of aliphatic hydroxyl groups is 1. The minimum Gasteiger partial charge on any atom is -0.462 e. The SMILES string of the molecule is CC[C@H]1CCC[C@H](O[C@H]2CC[C@H](N(C)C)C(C)O2)[C@@H](C)C(=O)C2=C[C@H]3[C@@H]4C[C@H](O[C@@H]5OC(C)[C@H](OC)C(OC)[C@@H]5OC)C[C@H]4[C@@H](O)[C@H](NCc4ccccc4)[C@H]3[C@@H]2CC(=O)O1. The molecular formula is C48H74N2O11. The van der Waals surface area contributed by atoms with Crippen LogP contribution < -0.4 is 5.32 Å². The van der Waals surface area contributed by atoms with Crippen LogP contribution in [0, 0.1) is 35.5 Å². The highest BCUT2D eigenvalue weighted by atomic mass is 16.7. The maximum absolute atomic E-state index is 15.2. The molecule has 0 bridgehead atoms. The lowest BCUT2D eigenvalue weighted by Gasteiger charge is -2.47. The smallest absolute Gasteiger partial charge is 0.306 e. The first-order chi connectivity index (χ1) is 29.4. The van der Waals surface area contributed by atoms with Crippen LogP contribution >= 0.6 is 0 Å². The minimum atomic E-state index is -0.758. The van der Waals surface area contributed by atoms with Crippen molar-refractivity contribution in [1.82, 2.24) is 10.2 Å². The highest BCUT2D eigenvalue weighted by Crippen LogP contribution is 2.57. The molecule has 2 saturated carbocycles. The van der Waals surface area contributed by atoms with Crippen molar-refractivity contribution in [3.05, 3.63) is 47.5 Å². The second-order valence-electron chi connectivity index (χ2n) is 19.0. The van der Waals surface area contributed by atoms with E-state index < -0.39 is 48.8 Å². The highest BCUT2D eigenvalue weighted by Gasteiger charge is 2.59. The Labute approximate surface area is 363 Å². The Morgan fingerprint density at radius 1 is 0.852 bits per heavy atom. The van der Waals surface area contributed by atoms with Crippen LogP contribution in [0.2, 0.25) is 0 Å². The van der Waals surface area contributed by atoms with Gasteiger partial charge in [0, 0.05) is 51.8 Å². The Balaban J connectivity index is 1.20. The van der Waals surface area contributed by atoms with Gasteiger partial charge in [0.15, 0.2) is 18.4 Å². The zero-order chi connectivity index (χ0) is 43.5. The molecule has 3 aliphatic heterocycles. The lowest BCUT2D eigenvalue weighted by molar-refractivity contribution is -0.314. The van der Waals surface area contributed by atoms with Crippen LogP contribution in [0.15, 0.2) is 42.0 Å². The normalized spacial score (nSPS) is 43.4. The predicted molar refractivity (Wildman–Crippen MR) is 228 cm³/mol. The zero-order valence-corrected chi connectivity index (χ0v) is 38.0. The topological polar surface area (TPSA) is 143 Å². The molecule has 7 rings (SSSR count). The first-order valence-corrected chi connectivity index (χ1v) is 23.1. The molecule has 3 aliphatic carbocycles. The van der Waals surface area contributed by atoms with Gasteiger partial charge in [-0.1, -0.05) is 50.3 Å². The van der Waals surface area contributed by atoms with E-state index in [0.29, 0.717) is 50.3 Å². The number of esters is 1. The van der Waals surface area contributed by atoms with Gasteiger partial charge < -0.3 is 53.2 Å². The number of methoxy groups -OCH3 is 3. The molecule has 0 radical (unpaired) electrons. The first-order valence-electron chi connectivity index (χ1n) is 23.1. The van der Waals surface area contributed by atoms with E-state index in [4.69, 9.17) is 37.9 Å². The molecule has 13 nitrogen and oxygen atoms in total. The van der Waals surface area contributed by atoms with E-state index in [1.165, 1.54) is 0 Å². The van der Waals surface area contributed by atoms with E-state index in [-0.39, 0.29) is 78.5 Å². The largest absolute Gasteiger partial charge is 0.462 e. The molecule has 5 fully saturated rings. The van der Waals surface area contributed by atoms with Gasteiger partial charge in [0.05, 0.1) is 36.9 Å². The number of cyclic esters (lactones) is 1. The van der Waals surface area contributed by atoms with Gasteiger partial charge >= 0.3 is 5.97 Å². The lowest BCUT2D eigenvalue weighted by Crippen LogP contribution is -2.59. The number of rotatable bonds is 12. The average molecular weight is 855 g/mol. The van der Waals surface area contributed by atoms with E-state index in [0.717, 1.165) is 24.8 Å². The molecule has 3 saturated heterocycles. The summed E-state index contributed by atoms with van der Waals surface area (Å²) in [6.45, 7) is 8.62. The van der Waals surface area contributed by atoms with Gasteiger partial charge in [0.2, 0.25) is 0 Å². The number of likely N-dealkylation sites (N-methyl/N-ethyl adjacent to an activating group) is 1. The number of nitrogens with one attached hydrogen (secondary N) is 1. The number of aliphatic hydroxyl groups excluding tert-OH is 1. The summed E-state index contributed by atoms with van der Waals surface area (Å²) in [5.41, 5.74) is 1.75. The summed E-state index contributed by atoms with van der Waals surface area (Å²) in [4.78, 5) is 31.4. The quantitative estimate of drug-likeness (QED) is 0.258. The summed E-state index contributed by atoms with van der Waals surface area (Å²) in [6.07, 6.45) is 3.75. The number of allylic oxidation sites excluding steroid dienone is 2. The Bertz CT molecular complexity index is 1630. The Morgan fingerprint density at radius 2 is 1.57 bits per heavy atom. The number of hydrogen-bond donors (Lipinski definition) is 2. The number of carbonyl (C=O) groups is 2. The third-order valence-corrected chi connectivity index (χ3v) is 15.3. The molecule has 61 heavy (non-hydrogen) atoms. The van der Waals surface area contributed by atoms with Gasteiger partial charge in [-0.3, -0.25) is 9.59 Å². The number of benzene rings is 1. The summed E-state index contributed by atoms with van der Waals surface area (Å²) in [6, 6.07) is 10.1. The molecule has 6 aliphatic rings. The number of ketones is 1. The zero-order valence-electron chi connectivity index (χ0n) is 38.0. The summed E-state index contributed by atoms with van der Waals surface area (Å²) in [7, 11) is 9.07. The van der Waals surface area contributed by atoms with Gasteiger partial charge in [-0.15, -0.1) is 0 Å². The van der Waals surface area contributed by atoms with E-state index in [1.54, 1.807) is 21.3 Å². The minimum absolute atomic E-state index is 0.00116. The highest BCUT2D eigenvalue weighted by molar-refractivity contribution is 5.99.